The van der Waals surface area contributed by atoms with Crippen LogP contribution < -0.4 is 10.1 Å². The van der Waals surface area contributed by atoms with Gasteiger partial charge in [0.1, 0.15) is 5.75 Å². The van der Waals surface area contributed by atoms with Crippen molar-refractivity contribution in [3.05, 3.63) is 29.8 Å². The van der Waals surface area contributed by atoms with Crippen LogP contribution in [0.4, 0.5) is 0 Å². The Balaban J connectivity index is 2.98. The lowest BCUT2D eigenvalue weighted by Gasteiger charge is -2.25. The van der Waals surface area contributed by atoms with E-state index in [-0.39, 0.29) is 18.4 Å². The first kappa shape index (κ1) is 20.0. The summed E-state index contributed by atoms with van der Waals surface area (Å²) in [5, 5.41) is 12.2. The van der Waals surface area contributed by atoms with Gasteiger partial charge in [-0.2, -0.15) is 0 Å². The van der Waals surface area contributed by atoms with E-state index in [2.05, 4.69) is 19.2 Å². The number of aliphatic carboxylic acids is 1. The Morgan fingerprint density at radius 2 is 1.88 bits per heavy atom. The van der Waals surface area contributed by atoms with Crippen LogP contribution in [0.2, 0.25) is 0 Å². The summed E-state index contributed by atoms with van der Waals surface area (Å²) in [6.45, 7) is 9.75. The van der Waals surface area contributed by atoms with Gasteiger partial charge in [-0.25, -0.2) is 0 Å². The molecule has 2 N–H and O–H groups in total. The molecular weight excluding hydrogens is 306 g/mol. The normalized spacial score (nSPS) is 12.8. The molecule has 24 heavy (non-hydrogen) atoms. The third-order valence-corrected chi connectivity index (χ3v) is 3.82. The minimum atomic E-state index is -1.09. The van der Waals surface area contributed by atoms with Gasteiger partial charge in [-0.3, -0.25) is 9.59 Å². The zero-order valence-electron chi connectivity index (χ0n) is 15.3. The molecule has 5 heteroatoms. The molecule has 0 spiro atoms. The van der Waals surface area contributed by atoms with E-state index < -0.39 is 11.4 Å². The zero-order valence-corrected chi connectivity index (χ0v) is 15.3. The minimum Gasteiger partial charge on any atom is -0.494 e. The van der Waals surface area contributed by atoms with Crippen LogP contribution >= 0.6 is 0 Å². The van der Waals surface area contributed by atoms with Crippen LogP contribution in [-0.4, -0.2) is 23.6 Å². The first-order valence-electron chi connectivity index (χ1n) is 8.41. The molecule has 5 nitrogen and oxygen atoms in total. The number of nitrogens with one attached hydrogen (secondary N) is 1. The number of carboxylic acids is 1. The van der Waals surface area contributed by atoms with Gasteiger partial charge in [0.05, 0.1) is 18.1 Å². The van der Waals surface area contributed by atoms with E-state index in [1.165, 1.54) is 0 Å². The fraction of sp³-hybridized carbons (Fsp3) is 0.579. The summed E-state index contributed by atoms with van der Waals surface area (Å²) in [4.78, 5) is 23.6. The Morgan fingerprint density at radius 1 is 1.25 bits per heavy atom. The molecule has 134 valence electrons. The number of ether oxygens (including phenoxy) is 1. The Kier molecular flexibility index (Phi) is 7.26. The third kappa shape index (κ3) is 5.87. The molecule has 1 aromatic carbocycles. The van der Waals surface area contributed by atoms with Crippen LogP contribution in [0.15, 0.2) is 24.3 Å². The van der Waals surface area contributed by atoms with Crippen molar-refractivity contribution in [2.45, 2.75) is 53.5 Å². The van der Waals surface area contributed by atoms with Crippen LogP contribution in [0.1, 0.15) is 59.1 Å². The largest absolute Gasteiger partial charge is 0.494 e. The number of benzene rings is 1. The van der Waals surface area contributed by atoms with Gasteiger partial charge in [-0.15, -0.1) is 0 Å². The second-order valence-corrected chi connectivity index (χ2v) is 7.09. The second-order valence-electron chi connectivity index (χ2n) is 7.09. The van der Waals surface area contributed by atoms with Crippen LogP contribution in [0.5, 0.6) is 5.75 Å². The van der Waals surface area contributed by atoms with E-state index in [1.54, 1.807) is 13.8 Å². The van der Waals surface area contributed by atoms with Gasteiger partial charge in [-0.05, 0) is 39.2 Å². The van der Waals surface area contributed by atoms with E-state index in [0.717, 1.165) is 17.7 Å². The van der Waals surface area contributed by atoms with E-state index in [0.29, 0.717) is 12.5 Å². The standard InChI is InChI=1S/C19H29NO4/c1-6-24-16-10-8-7-9-14(16)15(11-13(2)3)20-17(21)12-19(4,5)18(22)23/h7-10,13,15H,6,11-12H2,1-5H3,(H,20,21)(H,22,23). The van der Waals surface area contributed by atoms with Crippen molar-refractivity contribution in [1.82, 2.24) is 5.32 Å². The zero-order chi connectivity index (χ0) is 18.3. The second kappa shape index (κ2) is 8.71. The maximum Gasteiger partial charge on any atom is 0.309 e. The highest BCUT2D eigenvalue weighted by atomic mass is 16.5. The molecule has 0 fully saturated rings. The van der Waals surface area contributed by atoms with Crippen LogP contribution in [-0.2, 0) is 9.59 Å². The van der Waals surface area contributed by atoms with Gasteiger partial charge in [0.25, 0.3) is 0 Å². The minimum absolute atomic E-state index is 0.0618. The maximum atomic E-state index is 12.4. The Hall–Kier alpha value is -2.04. The van der Waals surface area contributed by atoms with Crippen molar-refractivity contribution in [2.24, 2.45) is 11.3 Å². The van der Waals surface area contributed by atoms with Gasteiger partial charge < -0.3 is 15.2 Å². The van der Waals surface area contributed by atoms with Gasteiger partial charge in [-0.1, -0.05) is 32.0 Å². The fourth-order valence-corrected chi connectivity index (χ4v) is 2.51. The average Bonchev–Trinajstić information content (AvgIpc) is 2.46. The monoisotopic (exact) mass is 335 g/mol. The van der Waals surface area contributed by atoms with E-state index >= 15 is 0 Å². The number of carbonyl (C=O) groups is 2. The molecule has 1 aromatic rings. The maximum absolute atomic E-state index is 12.4. The number of carboxylic acid groups (broad SMARTS) is 1. The number of amides is 1. The molecule has 0 aliphatic rings. The van der Waals surface area contributed by atoms with Crippen molar-refractivity contribution >= 4 is 11.9 Å². The van der Waals surface area contributed by atoms with E-state index in [9.17, 15) is 14.7 Å². The Morgan fingerprint density at radius 3 is 2.42 bits per heavy atom. The molecule has 1 unspecified atom stereocenters. The quantitative estimate of drug-likeness (QED) is 0.720. The molecule has 0 bridgehead atoms. The lowest BCUT2D eigenvalue weighted by atomic mass is 9.88. The molecule has 1 amide bonds. The summed E-state index contributed by atoms with van der Waals surface area (Å²) in [7, 11) is 0. The summed E-state index contributed by atoms with van der Waals surface area (Å²) in [5.74, 6) is -0.118. The molecule has 0 saturated carbocycles. The van der Waals surface area contributed by atoms with E-state index in [1.807, 2.05) is 31.2 Å². The topological polar surface area (TPSA) is 75.6 Å². The summed E-state index contributed by atoms with van der Waals surface area (Å²) in [6.07, 6.45) is 0.692. The van der Waals surface area contributed by atoms with Gasteiger partial charge in [0.15, 0.2) is 0 Å². The average molecular weight is 335 g/mol. The molecule has 0 saturated heterocycles. The van der Waals surface area contributed by atoms with Crippen LogP contribution in [0.25, 0.3) is 0 Å². The molecule has 0 heterocycles. The molecule has 1 atom stereocenters. The van der Waals surface area contributed by atoms with Gasteiger partial charge in [0, 0.05) is 12.0 Å². The molecule has 0 aliphatic heterocycles. The number of carbonyl (C=O) groups excluding carboxylic acids is 1. The number of hydrogen-bond acceptors (Lipinski definition) is 3. The van der Waals surface area contributed by atoms with Gasteiger partial charge >= 0.3 is 5.97 Å². The van der Waals surface area contributed by atoms with Gasteiger partial charge in [0.2, 0.25) is 5.91 Å². The first-order chi connectivity index (χ1) is 11.2. The number of para-hydroxylation sites is 1. The van der Waals surface area contributed by atoms with Crippen molar-refractivity contribution in [2.75, 3.05) is 6.61 Å². The Bertz CT molecular complexity index is 566. The molecular formula is C19H29NO4. The highest BCUT2D eigenvalue weighted by Gasteiger charge is 2.31. The molecule has 0 radical (unpaired) electrons. The van der Waals surface area contributed by atoms with Crippen molar-refractivity contribution in [3.8, 4) is 5.75 Å². The molecule has 1 rings (SSSR count). The summed E-state index contributed by atoms with van der Waals surface area (Å²) < 4.78 is 5.67. The first-order valence-corrected chi connectivity index (χ1v) is 8.41. The summed E-state index contributed by atoms with van der Waals surface area (Å²) >= 11 is 0. The van der Waals surface area contributed by atoms with Crippen molar-refractivity contribution in [1.29, 1.82) is 0 Å². The smallest absolute Gasteiger partial charge is 0.309 e. The lowest BCUT2D eigenvalue weighted by Crippen LogP contribution is -2.36. The highest BCUT2D eigenvalue weighted by Crippen LogP contribution is 2.30. The SMILES string of the molecule is CCOc1ccccc1C(CC(C)C)NC(=O)CC(C)(C)C(=O)O. The van der Waals surface area contributed by atoms with Crippen molar-refractivity contribution in [3.63, 3.8) is 0 Å². The highest BCUT2D eigenvalue weighted by molar-refractivity contribution is 5.84. The fourth-order valence-electron chi connectivity index (χ4n) is 2.51. The number of hydrogen-bond donors (Lipinski definition) is 2. The predicted molar refractivity (Wildman–Crippen MR) is 94.0 cm³/mol. The van der Waals surface area contributed by atoms with Crippen molar-refractivity contribution < 1.29 is 19.4 Å². The summed E-state index contributed by atoms with van der Waals surface area (Å²) in [6, 6.07) is 7.44. The molecule has 0 aromatic heterocycles. The Labute approximate surface area is 144 Å². The van der Waals surface area contributed by atoms with Crippen LogP contribution in [0, 0.1) is 11.3 Å². The van der Waals surface area contributed by atoms with Crippen LogP contribution in [0.3, 0.4) is 0 Å². The lowest BCUT2D eigenvalue weighted by molar-refractivity contribution is -0.149. The predicted octanol–water partition coefficient (Wildman–Crippen LogP) is 3.79. The molecule has 0 aliphatic carbocycles. The third-order valence-electron chi connectivity index (χ3n) is 3.82. The van der Waals surface area contributed by atoms with E-state index in [4.69, 9.17) is 4.74 Å². The number of rotatable bonds is 9. The summed E-state index contributed by atoms with van der Waals surface area (Å²) in [5.41, 5.74) is -0.166.